The molecule has 8 nitrogen and oxygen atoms in total. The lowest BCUT2D eigenvalue weighted by Gasteiger charge is -2.01. The van der Waals surface area contributed by atoms with E-state index < -0.39 is 21.3 Å². The summed E-state index contributed by atoms with van der Waals surface area (Å²) in [6.07, 6.45) is 1.35. The van der Waals surface area contributed by atoms with Gasteiger partial charge in [0, 0.05) is 18.2 Å². The summed E-state index contributed by atoms with van der Waals surface area (Å²) in [6.45, 7) is 0. The highest BCUT2D eigenvalue weighted by Gasteiger charge is 2.14. The highest BCUT2D eigenvalue weighted by atomic mass is 16.6. The molecule has 0 atom stereocenters. The number of hydrogen-bond acceptors (Lipinski definition) is 6. The molecule has 0 fully saturated rings. The minimum Gasteiger partial charge on any atom is -0.502 e. The van der Waals surface area contributed by atoms with Crippen LogP contribution in [0.25, 0.3) is 11.6 Å². The Morgan fingerprint density at radius 2 is 1.87 bits per heavy atom. The molecule has 0 saturated carbocycles. The number of nitriles is 1. The van der Waals surface area contributed by atoms with Crippen molar-refractivity contribution in [3.05, 3.63) is 73.8 Å². The van der Waals surface area contributed by atoms with Crippen molar-refractivity contribution in [1.29, 1.82) is 5.26 Å². The van der Waals surface area contributed by atoms with Gasteiger partial charge in [0.1, 0.15) is 0 Å². The van der Waals surface area contributed by atoms with Crippen molar-refractivity contribution in [1.82, 2.24) is 0 Å². The van der Waals surface area contributed by atoms with Crippen molar-refractivity contribution in [3.63, 3.8) is 0 Å². The summed E-state index contributed by atoms with van der Waals surface area (Å²) in [7, 11) is 0. The van der Waals surface area contributed by atoms with Gasteiger partial charge in [-0.15, -0.1) is 0 Å². The number of benzene rings is 2. The van der Waals surface area contributed by atoms with Crippen molar-refractivity contribution in [2.45, 2.75) is 0 Å². The van der Waals surface area contributed by atoms with Crippen LogP contribution in [0.5, 0.6) is 5.75 Å². The first-order valence-electron chi connectivity index (χ1n) is 6.26. The maximum Gasteiger partial charge on any atom is 0.311 e. The summed E-state index contributed by atoms with van der Waals surface area (Å²) in [6, 6.07) is 11.1. The number of aromatic hydroxyl groups is 1. The highest BCUT2D eigenvalue weighted by molar-refractivity contribution is 5.90. The Labute approximate surface area is 129 Å². The van der Waals surface area contributed by atoms with Crippen LogP contribution in [0.2, 0.25) is 0 Å². The van der Waals surface area contributed by atoms with E-state index in [1.165, 1.54) is 36.4 Å². The summed E-state index contributed by atoms with van der Waals surface area (Å²) in [5, 5.41) is 40.2. The molecule has 0 aliphatic rings. The summed E-state index contributed by atoms with van der Waals surface area (Å²) >= 11 is 0. The molecule has 114 valence electrons. The number of hydrogen-bond donors (Lipinski definition) is 1. The first kappa shape index (κ1) is 15.7. The molecule has 0 amide bonds. The molecule has 0 saturated heterocycles. The fourth-order valence-electron chi connectivity index (χ4n) is 1.91. The second-order valence-electron chi connectivity index (χ2n) is 4.48. The maximum absolute atomic E-state index is 10.8. The molecule has 23 heavy (non-hydrogen) atoms. The van der Waals surface area contributed by atoms with E-state index in [9.17, 15) is 30.6 Å². The van der Waals surface area contributed by atoms with Crippen LogP contribution in [0, 0.1) is 31.6 Å². The average molecular weight is 311 g/mol. The van der Waals surface area contributed by atoms with Crippen LogP contribution >= 0.6 is 0 Å². The standard InChI is InChI=1S/C15H9N3O5/c16-9-12(11-2-1-3-13(8-11)17(20)21)6-10-4-5-15(19)14(7-10)18(22)23/h1-8,19H/b12-6-. The Kier molecular flexibility index (Phi) is 4.33. The highest BCUT2D eigenvalue weighted by Crippen LogP contribution is 2.28. The van der Waals surface area contributed by atoms with Crippen LogP contribution < -0.4 is 0 Å². The van der Waals surface area contributed by atoms with Crippen molar-refractivity contribution in [3.8, 4) is 11.8 Å². The second kappa shape index (κ2) is 6.36. The normalized spacial score (nSPS) is 10.8. The second-order valence-corrected chi connectivity index (χ2v) is 4.48. The monoisotopic (exact) mass is 311 g/mol. The van der Waals surface area contributed by atoms with Crippen LogP contribution in [0.3, 0.4) is 0 Å². The molecule has 0 aliphatic heterocycles. The van der Waals surface area contributed by atoms with Gasteiger partial charge in [-0.25, -0.2) is 0 Å². The first-order chi connectivity index (χ1) is 10.9. The minimum atomic E-state index is -0.744. The van der Waals surface area contributed by atoms with Crippen molar-refractivity contribution in [2.75, 3.05) is 0 Å². The van der Waals surface area contributed by atoms with E-state index in [-0.39, 0.29) is 11.3 Å². The van der Waals surface area contributed by atoms with E-state index in [1.807, 2.05) is 6.07 Å². The van der Waals surface area contributed by atoms with E-state index in [0.717, 1.165) is 12.1 Å². The zero-order chi connectivity index (χ0) is 17.0. The van der Waals surface area contributed by atoms with E-state index in [0.29, 0.717) is 11.1 Å². The number of phenolic OH excluding ortho intramolecular Hbond substituents is 1. The van der Waals surface area contributed by atoms with Crippen LogP contribution in [0.4, 0.5) is 11.4 Å². The summed E-state index contributed by atoms with van der Waals surface area (Å²) in [5.74, 6) is -0.485. The van der Waals surface area contributed by atoms with E-state index in [4.69, 9.17) is 0 Å². The van der Waals surface area contributed by atoms with E-state index >= 15 is 0 Å². The van der Waals surface area contributed by atoms with Crippen molar-refractivity contribution in [2.24, 2.45) is 0 Å². The zero-order valence-corrected chi connectivity index (χ0v) is 11.5. The summed E-state index contributed by atoms with van der Waals surface area (Å²) in [4.78, 5) is 20.3. The molecule has 0 aliphatic carbocycles. The third-order valence-corrected chi connectivity index (χ3v) is 3.00. The number of nitro groups is 2. The summed E-state index contributed by atoms with van der Waals surface area (Å²) < 4.78 is 0. The van der Waals surface area contributed by atoms with Gasteiger partial charge in [0.05, 0.1) is 21.5 Å². The fraction of sp³-hybridized carbons (Fsp3) is 0. The predicted molar refractivity (Wildman–Crippen MR) is 81.3 cm³/mol. The third-order valence-electron chi connectivity index (χ3n) is 3.00. The van der Waals surface area contributed by atoms with Gasteiger partial charge in [0.15, 0.2) is 5.75 Å². The number of nitrogens with zero attached hydrogens (tertiary/aromatic N) is 3. The van der Waals surface area contributed by atoms with E-state index in [2.05, 4.69) is 0 Å². The Bertz CT molecular complexity index is 868. The number of phenols is 1. The van der Waals surface area contributed by atoms with Gasteiger partial charge in [-0.3, -0.25) is 20.2 Å². The molecule has 2 aromatic carbocycles. The molecule has 0 unspecified atom stereocenters. The summed E-state index contributed by atoms with van der Waals surface area (Å²) in [5.41, 5.74) is 0.0825. The van der Waals surface area contributed by atoms with Gasteiger partial charge >= 0.3 is 5.69 Å². The quantitative estimate of drug-likeness (QED) is 0.399. The Morgan fingerprint density at radius 3 is 2.48 bits per heavy atom. The SMILES string of the molecule is N#C/C(=C/c1ccc(O)c([N+](=O)[O-])c1)c1cccc([N+](=O)[O-])c1. The van der Waals surface area contributed by atoms with Gasteiger partial charge < -0.3 is 5.11 Å². The lowest BCUT2D eigenvalue weighted by Crippen LogP contribution is -1.91. The van der Waals surface area contributed by atoms with Crippen LogP contribution in [0.1, 0.15) is 11.1 Å². The van der Waals surface area contributed by atoms with Gasteiger partial charge in [-0.1, -0.05) is 18.2 Å². The first-order valence-corrected chi connectivity index (χ1v) is 6.26. The van der Waals surface area contributed by atoms with Crippen LogP contribution in [0.15, 0.2) is 42.5 Å². The largest absolute Gasteiger partial charge is 0.502 e. The van der Waals surface area contributed by atoms with Gasteiger partial charge in [0.2, 0.25) is 0 Å². The molecule has 2 rings (SSSR count). The lowest BCUT2D eigenvalue weighted by molar-refractivity contribution is -0.385. The number of rotatable bonds is 4. The van der Waals surface area contributed by atoms with Crippen molar-refractivity contribution < 1.29 is 15.0 Å². The Hall–Kier alpha value is -3.73. The topological polar surface area (TPSA) is 130 Å². The van der Waals surface area contributed by atoms with Gasteiger partial charge in [-0.05, 0) is 23.3 Å². The molecule has 0 aromatic heterocycles. The molecule has 2 aromatic rings. The van der Waals surface area contributed by atoms with Gasteiger partial charge in [0.25, 0.3) is 5.69 Å². The number of nitro benzene ring substituents is 2. The number of allylic oxidation sites excluding steroid dienone is 1. The Morgan fingerprint density at radius 1 is 1.13 bits per heavy atom. The fourth-order valence-corrected chi connectivity index (χ4v) is 1.91. The van der Waals surface area contributed by atoms with Crippen molar-refractivity contribution >= 4 is 23.0 Å². The molecule has 1 N–H and O–H groups in total. The molecule has 0 radical (unpaired) electrons. The van der Waals surface area contributed by atoms with Crippen LogP contribution in [-0.4, -0.2) is 15.0 Å². The van der Waals surface area contributed by atoms with E-state index in [1.54, 1.807) is 0 Å². The smallest absolute Gasteiger partial charge is 0.311 e. The average Bonchev–Trinajstić information content (AvgIpc) is 2.53. The lowest BCUT2D eigenvalue weighted by atomic mass is 10.0. The van der Waals surface area contributed by atoms with Gasteiger partial charge in [-0.2, -0.15) is 5.26 Å². The molecule has 0 bridgehead atoms. The predicted octanol–water partition coefficient (Wildman–Crippen LogP) is 3.27. The molecular weight excluding hydrogens is 302 g/mol. The minimum absolute atomic E-state index is 0.105. The molecule has 0 heterocycles. The zero-order valence-electron chi connectivity index (χ0n) is 11.5. The molecular formula is C15H9N3O5. The molecule has 0 spiro atoms. The molecule has 8 heteroatoms. The maximum atomic E-state index is 10.8. The Balaban J connectivity index is 2.50. The van der Waals surface area contributed by atoms with Crippen LogP contribution in [-0.2, 0) is 0 Å². The third kappa shape index (κ3) is 3.48. The number of non-ortho nitro benzene ring substituents is 1.